The Labute approximate surface area is 102 Å². The second kappa shape index (κ2) is 5.62. The largest absolute Gasteiger partial charge is 0.353 e. The average molecular weight is 239 g/mol. The van der Waals surface area contributed by atoms with Crippen molar-refractivity contribution in [1.82, 2.24) is 9.55 Å². The number of aromatic nitrogens is 2. The first kappa shape index (κ1) is 11.8. The molecule has 16 heavy (non-hydrogen) atoms. The molecule has 0 spiro atoms. The van der Waals surface area contributed by atoms with E-state index in [9.17, 15) is 0 Å². The van der Waals surface area contributed by atoms with Crippen LogP contribution < -0.4 is 5.32 Å². The van der Waals surface area contributed by atoms with E-state index >= 15 is 0 Å². The topological polar surface area (TPSA) is 29.9 Å². The molecule has 0 aromatic carbocycles. The third kappa shape index (κ3) is 2.73. The first-order valence-corrected chi connectivity index (χ1v) is 7.42. The number of hydrogen-bond acceptors (Lipinski definition) is 3. The number of anilines is 1. The van der Waals surface area contributed by atoms with Gasteiger partial charge in [-0.1, -0.05) is 0 Å². The van der Waals surface area contributed by atoms with Crippen molar-refractivity contribution in [2.75, 3.05) is 11.6 Å². The molecular weight excluding hydrogens is 218 g/mol. The van der Waals surface area contributed by atoms with Crippen LogP contribution in [0.2, 0.25) is 0 Å². The number of imidazole rings is 1. The van der Waals surface area contributed by atoms with E-state index in [4.69, 9.17) is 0 Å². The second-order valence-electron chi connectivity index (χ2n) is 4.39. The number of hydrogen-bond donors (Lipinski definition) is 1. The fraction of sp³-hybridized carbons (Fsp3) is 0.750. The summed E-state index contributed by atoms with van der Waals surface area (Å²) in [6.07, 6.45) is 11.4. The van der Waals surface area contributed by atoms with Crippen molar-refractivity contribution in [1.29, 1.82) is 0 Å². The van der Waals surface area contributed by atoms with Gasteiger partial charge in [0, 0.05) is 30.2 Å². The van der Waals surface area contributed by atoms with Crippen LogP contribution in [0.1, 0.15) is 32.6 Å². The van der Waals surface area contributed by atoms with Gasteiger partial charge in [-0.3, -0.25) is 0 Å². The van der Waals surface area contributed by atoms with Gasteiger partial charge in [-0.05, 0) is 38.9 Å². The van der Waals surface area contributed by atoms with Crippen molar-refractivity contribution in [3.8, 4) is 0 Å². The highest BCUT2D eigenvalue weighted by Crippen LogP contribution is 2.28. The van der Waals surface area contributed by atoms with Crippen molar-refractivity contribution >= 4 is 17.7 Å². The Morgan fingerprint density at radius 2 is 2.19 bits per heavy atom. The van der Waals surface area contributed by atoms with Crippen LogP contribution in [0.4, 0.5) is 5.95 Å². The molecule has 90 valence electrons. The van der Waals surface area contributed by atoms with Crippen LogP contribution in [0, 0.1) is 0 Å². The first-order valence-electron chi connectivity index (χ1n) is 6.14. The van der Waals surface area contributed by atoms with Crippen LogP contribution >= 0.6 is 11.8 Å². The number of aryl methyl sites for hydroxylation is 1. The van der Waals surface area contributed by atoms with Crippen molar-refractivity contribution in [3.05, 3.63) is 12.4 Å². The first-order chi connectivity index (χ1) is 7.83. The van der Waals surface area contributed by atoms with Crippen LogP contribution in [-0.4, -0.2) is 27.1 Å². The quantitative estimate of drug-likeness (QED) is 0.876. The maximum Gasteiger partial charge on any atom is 0.202 e. The molecule has 0 radical (unpaired) electrons. The van der Waals surface area contributed by atoms with E-state index in [1.54, 1.807) is 0 Å². The minimum atomic E-state index is 0.621. The van der Waals surface area contributed by atoms with E-state index < -0.39 is 0 Å². The van der Waals surface area contributed by atoms with Crippen LogP contribution in [0.25, 0.3) is 0 Å². The van der Waals surface area contributed by atoms with Gasteiger partial charge in [0.25, 0.3) is 0 Å². The van der Waals surface area contributed by atoms with Crippen molar-refractivity contribution in [2.24, 2.45) is 0 Å². The van der Waals surface area contributed by atoms with Crippen molar-refractivity contribution < 1.29 is 0 Å². The minimum Gasteiger partial charge on any atom is -0.353 e. The Balaban J connectivity index is 1.87. The van der Waals surface area contributed by atoms with Gasteiger partial charge in [0.2, 0.25) is 5.95 Å². The number of nitrogens with zero attached hydrogens (tertiary/aromatic N) is 2. The molecule has 0 saturated heterocycles. The summed E-state index contributed by atoms with van der Waals surface area (Å²) in [4.78, 5) is 4.37. The molecule has 0 unspecified atom stereocenters. The van der Waals surface area contributed by atoms with Crippen molar-refractivity contribution in [3.63, 3.8) is 0 Å². The molecule has 3 nitrogen and oxygen atoms in total. The van der Waals surface area contributed by atoms with E-state index in [-0.39, 0.29) is 0 Å². The lowest BCUT2D eigenvalue weighted by Gasteiger charge is -2.28. The van der Waals surface area contributed by atoms with E-state index in [1.165, 1.54) is 25.7 Å². The molecule has 0 bridgehead atoms. The SMILES string of the molecule is CCn1ccnc1NC1CCC(SC)CC1. The number of thioether (sulfide) groups is 1. The molecule has 2 rings (SSSR count). The highest BCUT2D eigenvalue weighted by Gasteiger charge is 2.21. The van der Waals surface area contributed by atoms with Crippen LogP contribution in [-0.2, 0) is 6.54 Å². The normalized spacial score (nSPS) is 25.6. The van der Waals surface area contributed by atoms with E-state index in [2.05, 4.69) is 28.0 Å². The minimum absolute atomic E-state index is 0.621. The zero-order chi connectivity index (χ0) is 11.4. The smallest absolute Gasteiger partial charge is 0.202 e. The zero-order valence-electron chi connectivity index (χ0n) is 10.1. The Morgan fingerprint density at radius 1 is 1.44 bits per heavy atom. The molecule has 1 N–H and O–H groups in total. The summed E-state index contributed by atoms with van der Waals surface area (Å²) in [5.41, 5.74) is 0. The number of nitrogens with one attached hydrogen (secondary N) is 1. The van der Waals surface area contributed by atoms with Gasteiger partial charge in [0.15, 0.2) is 0 Å². The van der Waals surface area contributed by atoms with Crippen LogP contribution in [0.15, 0.2) is 12.4 Å². The molecule has 0 aliphatic heterocycles. The molecule has 0 amide bonds. The van der Waals surface area contributed by atoms with Gasteiger partial charge in [-0.2, -0.15) is 11.8 Å². The van der Waals surface area contributed by atoms with Crippen LogP contribution in [0.3, 0.4) is 0 Å². The Kier molecular flexibility index (Phi) is 4.16. The molecule has 0 atom stereocenters. The summed E-state index contributed by atoms with van der Waals surface area (Å²) in [5, 5.41) is 4.45. The lowest BCUT2D eigenvalue weighted by molar-refractivity contribution is 0.469. The monoisotopic (exact) mass is 239 g/mol. The van der Waals surface area contributed by atoms with Gasteiger partial charge in [-0.25, -0.2) is 4.98 Å². The molecule has 1 fully saturated rings. The summed E-state index contributed by atoms with van der Waals surface area (Å²) in [7, 11) is 0. The lowest BCUT2D eigenvalue weighted by atomic mass is 9.95. The van der Waals surface area contributed by atoms with Gasteiger partial charge in [0.05, 0.1) is 0 Å². The molecule has 1 aliphatic rings. The van der Waals surface area contributed by atoms with Gasteiger partial charge >= 0.3 is 0 Å². The standard InChI is InChI=1S/C12H21N3S/c1-3-15-9-8-13-12(15)14-10-4-6-11(16-2)7-5-10/h8-11H,3-7H2,1-2H3,(H,13,14). The summed E-state index contributed by atoms with van der Waals surface area (Å²) >= 11 is 2.01. The third-order valence-corrected chi connectivity index (χ3v) is 4.54. The Hall–Kier alpha value is -0.640. The van der Waals surface area contributed by atoms with E-state index in [0.717, 1.165) is 17.7 Å². The summed E-state index contributed by atoms with van der Waals surface area (Å²) in [6, 6.07) is 0.621. The second-order valence-corrected chi connectivity index (χ2v) is 5.53. The van der Waals surface area contributed by atoms with Gasteiger partial charge in [-0.15, -0.1) is 0 Å². The van der Waals surface area contributed by atoms with Gasteiger partial charge < -0.3 is 9.88 Å². The highest BCUT2D eigenvalue weighted by molar-refractivity contribution is 7.99. The Bertz CT molecular complexity index is 316. The summed E-state index contributed by atoms with van der Waals surface area (Å²) < 4.78 is 2.17. The third-order valence-electron chi connectivity index (χ3n) is 3.40. The van der Waals surface area contributed by atoms with Crippen molar-refractivity contribution in [2.45, 2.75) is 50.4 Å². The molecule has 1 heterocycles. The maximum absolute atomic E-state index is 4.37. The summed E-state index contributed by atoms with van der Waals surface area (Å²) in [5.74, 6) is 1.04. The average Bonchev–Trinajstić information content (AvgIpc) is 2.77. The lowest BCUT2D eigenvalue weighted by Crippen LogP contribution is -2.28. The fourth-order valence-corrected chi connectivity index (χ4v) is 3.07. The Morgan fingerprint density at radius 3 is 2.81 bits per heavy atom. The maximum atomic E-state index is 4.37. The molecule has 1 saturated carbocycles. The van der Waals surface area contributed by atoms with E-state index in [0.29, 0.717) is 6.04 Å². The fourth-order valence-electron chi connectivity index (χ4n) is 2.33. The zero-order valence-corrected chi connectivity index (χ0v) is 11.0. The van der Waals surface area contributed by atoms with E-state index in [1.807, 2.05) is 24.2 Å². The molecule has 4 heteroatoms. The van der Waals surface area contributed by atoms with Crippen LogP contribution in [0.5, 0.6) is 0 Å². The van der Waals surface area contributed by atoms with Gasteiger partial charge in [0.1, 0.15) is 0 Å². The molecule has 1 aliphatic carbocycles. The molecular formula is C12H21N3S. The molecule has 1 aromatic heterocycles. The highest BCUT2D eigenvalue weighted by atomic mass is 32.2. The summed E-state index contributed by atoms with van der Waals surface area (Å²) in [6.45, 7) is 3.14. The predicted octanol–water partition coefficient (Wildman–Crippen LogP) is 2.99. The number of rotatable bonds is 4. The predicted molar refractivity (Wildman–Crippen MR) is 71.1 cm³/mol. The molecule has 1 aromatic rings.